The van der Waals surface area contributed by atoms with Gasteiger partial charge in [0.25, 0.3) is 0 Å². The molecule has 0 spiro atoms. The first-order valence-corrected chi connectivity index (χ1v) is 4.18. The molecule has 0 aliphatic carbocycles. The van der Waals surface area contributed by atoms with Crippen molar-refractivity contribution in [2.24, 2.45) is 0 Å². The van der Waals surface area contributed by atoms with Crippen LogP contribution in [0.5, 0.6) is 0 Å². The van der Waals surface area contributed by atoms with Crippen molar-refractivity contribution in [3.63, 3.8) is 0 Å². The number of hydrogen-bond donors (Lipinski definition) is 2. The maximum Gasteiger partial charge on any atom is 0.345 e. The van der Waals surface area contributed by atoms with Crippen LogP contribution in [-0.4, -0.2) is 38.2 Å². The van der Waals surface area contributed by atoms with E-state index in [9.17, 15) is 0 Å². The lowest BCUT2D eigenvalue weighted by Gasteiger charge is -2.04. The Kier molecular flexibility index (Phi) is 5.61. The molecule has 2 N–H and O–H groups in total. The number of hydrogen-bond acceptors (Lipinski definition) is 0. The van der Waals surface area contributed by atoms with Crippen LogP contribution in [0.25, 0.3) is 0 Å². The molecule has 0 aliphatic heterocycles. The molecule has 0 unspecified atom stereocenters. The molecule has 0 heterocycles. The summed E-state index contributed by atoms with van der Waals surface area (Å²) < 4.78 is 2.04. The van der Waals surface area contributed by atoms with Gasteiger partial charge >= 0.3 is 5.96 Å². The second-order valence-corrected chi connectivity index (χ2v) is 2.77. The predicted molar refractivity (Wildman–Crippen MR) is 49.1 cm³/mol. The minimum absolute atomic E-state index is 1.05. The van der Waals surface area contributed by atoms with Gasteiger partial charge in [0.05, 0.1) is 27.7 Å². The number of nitrogens with one attached hydrogen (secondary N) is 2. The lowest BCUT2D eigenvalue weighted by molar-refractivity contribution is -0.468. The second-order valence-electron chi connectivity index (χ2n) is 2.77. The van der Waals surface area contributed by atoms with Crippen LogP contribution in [0.4, 0.5) is 0 Å². The first kappa shape index (κ1) is 10.3. The third kappa shape index (κ3) is 4.65. The van der Waals surface area contributed by atoms with Gasteiger partial charge in [0.15, 0.2) is 0 Å². The average molecular weight is 158 g/mol. The van der Waals surface area contributed by atoms with E-state index in [1.807, 2.05) is 25.7 Å². The third-order valence-corrected chi connectivity index (χ3v) is 1.51. The molecule has 66 valence electrons. The molecule has 0 bridgehead atoms. The van der Waals surface area contributed by atoms with Crippen LogP contribution < -0.4 is 10.6 Å². The fraction of sp³-hybridized carbons (Fsp3) is 0.875. The number of rotatable bonds is 3. The van der Waals surface area contributed by atoms with E-state index in [-0.39, 0.29) is 0 Å². The first-order valence-electron chi connectivity index (χ1n) is 4.18. The average Bonchev–Trinajstić information content (AvgIpc) is 1.97. The quantitative estimate of drug-likeness (QED) is 0.266. The first-order chi connectivity index (χ1) is 5.22. The smallest absolute Gasteiger partial charge is 0.281 e. The fourth-order valence-corrected chi connectivity index (χ4v) is 0.854. The summed E-state index contributed by atoms with van der Waals surface area (Å²) in [4.78, 5) is 0. The lowest BCUT2D eigenvalue weighted by Crippen LogP contribution is -2.41. The van der Waals surface area contributed by atoms with Gasteiger partial charge in [-0.2, -0.15) is 0 Å². The zero-order chi connectivity index (χ0) is 8.69. The molecule has 0 saturated carbocycles. The zero-order valence-corrected chi connectivity index (χ0v) is 8.07. The Hall–Kier alpha value is -0.730. The molecule has 11 heavy (non-hydrogen) atoms. The van der Waals surface area contributed by atoms with E-state index in [1.165, 1.54) is 12.8 Å². The van der Waals surface area contributed by atoms with Crippen LogP contribution in [0.1, 0.15) is 19.8 Å². The lowest BCUT2D eigenvalue weighted by atomic mass is 10.3. The SMILES string of the molecule is CCCCNC(NC)=[N+](C)C. The Labute approximate surface area is 69.5 Å². The highest BCUT2D eigenvalue weighted by Crippen LogP contribution is 1.81. The molecular formula is C8H20N3+. The maximum absolute atomic E-state index is 3.30. The van der Waals surface area contributed by atoms with E-state index in [0.717, 1.165) is 12.5 Å². The molecule has 0 amide bonds. The van der Waals surface area contributed by atoms with Crippen molar-refractivity contribution >= 4 is 5.96 Å². The van der Waals surface area contributed by atoms with Crippen molar-refractivity contribution in [1.29, 1.82) is 0 Å². The van der Waals surface area contributed by atoms with Crippen molar-refractivity contribution in [2.75, 3.05) is 27.7 Å². The summed E-state index contributed by atoms with van der Waals surface area (Å²) in [6.45, 7) is 3.24. The van der Waals surface area contributed by atoms with Crippen molar-refractivity contribution < 1.29 is 4.58 Å². The molecule has 0 aliphatic rings. The van der Waals surface area contributed by atoms with Gasteiger partial charge < -0.3 is 0 Å². The highest BCUT2D eigenvalue weighted by atomic mass is 15.2. The number of guanidine groups is 1. The monoisotopic (exact) mass is 158 g/mol. The maximum atomic E-state index is 3.30. The van der Waals surface area contributed by atoms with Crippen LogP contribution >= 0.6 is 0 Å². The van der Waals surface area contributed by atoms with Gasteiger partial charge in [-0.1, -0.05) is 13.3 Å². The molecule has 0 fully saturated rings. The minimum Gasteiger partial charge on any atom is -0.281 e. The fourth-order valence-electron chi connectivity index (χ4n) is 0.854. The molecule has 0 rings (SSSR count). The molecule has 0 saturated heterocycles. The molecule has 0 aromatic rings. The van der Waals surface area contributed by atoms with Gasteiger partial charge in [-0.3, -0.25) is 15.2 Å². The van der Waals surface area contributed by atoms with Gasteiger partial charge in [-0.05, 0) is 6.42 Å². The van der Waals surface area contributed by atoms with Crippen LogP contribution in [-0.2, 0) is 0 Å². The van der Waals surface area contributed by atoms with Crippen molar-refractivity contribution in [1.82, 2.24) is 10.6 Å². The summed E-state index contributed by atoms with van der Waals surface area (Å²) >= 11 is 0. The highest BCUT2D eigenvalue weighted by molar-refractivity contribution is 5.74. The van der Waals surface area contributed by atoms with E-state index < -0.39 is 0 Å². The van der Waals surface area contributed by atoms with Crippen LogP contribution in [0, 0.1) is 0 Å². The summed E-state index contributed by atoms with van der Waals surface area (Å²) in [6.07, 6.45) is 2.45. The Morgan fingerprint density at radius 2 is 2.00 bits per heavy atom. The zero-order valence-electron chi connectivity index (χ0n) is 8.07. The summed E-state index contributed by atoms with van der Waals surface area (Å²) in [6, 6.07) is 0. The van der Waals surface area contributed by atoms with Crippen LogP contribution in [0.2, 0.25) is 0 Å². The Morgan fingerprint density at radius 1 is 1.36 bits per heavy atom. The Balaban J connectivity index is 3.63. The van der Waals surface area contributed by atoms with Crippen molar-refractivity contribution in [3.8, 4) is 0 Å². The molecular weight excluding hydrogens is 138 g/mol. The van der Waals surface area contributed by atoms with E-state index in [2.05, 4.69) is 17.6 Å². The van der Waals surface area contributed by atoms with Gasteiger partial charge in [0.2, 0.25) is 0 Å². The topological polar surface area (TPSA) is 27.1 Å². The van der Waals surface area contributed by atoms with Gasteiger partial charge in [-0.25, -0.2) is 0 Å². The summed E-state index contributed by atoms with van der Waals surface area (Å²) in [7, 11) is 5.96. The second kappa shape index (κ2) is 6.01. The van der Waals surface area contributed by atoms with E-state index >= 15 is 0 Å². The standard InChI is InChI=1S/C8H19N3/c1-5-6-7-10-8(9-2)11(3)4/h5-7H2,1-4H3,(H,9,10)/p+1. The summed E-state index contributed by atoms with van der Waals surface area (Å²) in [5, 5.41) is 6.39. The molecule has 3 nitrogen and oxygen atoms in total. The molecule has 0 radical (unpaired) electrons. The molecule has 0 aromatic heterocycles. The summed E-state index contributed by atoms with van der Waals surface area (Å²) in [5.74, 6) is 1.08. The predicted octanol–water partition coefficient (Wildman–Crippen LogP) is 0.224. The normalized spacial score (nSPS) is 9.09. The minimum atomic E-state index is 1.05. The number of unbranched alkanes of at least 4 members (excludes halogenated alkanes) is 1. The van der Waals surface area contributed by atoms with E-state index in [1.54, 1.807) is 0 Å². The Bertz CT molecular complexity index is 125. The van der Waals surface area contributed by atoms with Gasteiger partial charge in [0.1, 0.15) is 0 Å². The van der Waals surface area contributed by atoms with Crippen molar-refractivity contribution in [3.05, 3.63) is 0 Å². The van der Waals surface area contributed by atoms with E-state index in [0.29, 0.717) is 0 Å². The molecule has 0 aromatic carbocycles. The van der Waals surface area contributed by atoms with Crippen LogP contribution in [0.15, 0.2) is 0 Å². The Morgan fingerprint density at radius 3 is 2.36 bits per heavy atom. The third-order valence-electron chi connectivity index (χ3n) is 1.51. The van der Waals surface area contributed by atoms with E-state index in [4.69, 9.17) is 0 Å². The summed E-state index contributed by atoms with van der Waals surface area (Å²) in [5.41, 5.74) is 0. The molecule has 0 atom stereocenters. The molecule has 3 heteroatoms. The highest BCUT2D eigenvalue weighted by Gasteiger charge is 2.01. The largest absolute Gasteiger partial charge is 0.345 e. The van der Waals surface area contributed by atoms with Gasteiger partial charge in [-0.15, -0.1) is 0 Å². The number of nitrogens with zero attached hydrogens (tertiary/aromatic N) is 1. The van der Waals surface area contributed by atoms with Gasteiger partial charge in [0, 0.05) is 0 Å². The van der Waals surface area contributed by atoms with Crippen LogP contribution in [0.3, 0.4) is 0 Å². The van der Waals surface area contributed by atoms with Crippen molar-refractivity contribution in [2.45, 2.75) is 19.8 Å².